The quantitative estimate of drug-likeness (QED) is 0.774. The molecule has 2 aliphatic rings. The molecule has 1 aromatic heterocycles. The molecule has 6 nitrogen and oxygen atoms in total. The minimum atomic E-state index is -0.436. The smallest absolute Gasteiger partial charge is 0.360 e. The molecular formula is C13H18N2O4. The van der Waals surface area contributed by atoms with E-state index in [1.807, 2.05) is 0 Å². The molecule has 1 aliphatic heterocycles. The number of oxazole rings is 1. The molecule has 2 heterocycles. The number of morpholine rings is 1. The van der Waals surface area contributed by atoms with Crippen molar-refractivity contribution in [3.63, 3.8) is 0 Å². The zero-order valence-electron chi connectivity index (χ0n) is 11.0. The number of rotatable bonds is 3. The fraction of sp³-hybridized carbons (Fsp3) is 0.692. The van der Waals surface area contributed by atoms with Crippen molar-refractivity contribution >= 4 is 12.0 Å². The number of anilines is 1. The molecule has 1 aliphatic carbocycles. The molecule has 0 amide bonds. The highest BCUT2D eigenvalue weighted by Crippen LogP contribution is 2.32. The second-order valence-electron chi connectivity index (χ2n) is 4.84. The summed E-state index contributed by atoms with van der Waals surface area (Å²) in [4.78, 5) is 17.9. The molecule has 6 heteroatoms. The average Bonchev–Trinajstić information content (AvgIpc) is 3.07. The summed E-state index contributed by atoms with van der Waals surface area (Å²) < 4.78 is 16.1. The van der Waals surface area contributed by atoms with E-state index in [9.17, 15) is 4.79 Å². The van der Waals surface area contributed by atoms with Gasteiger partial charge in [-0.1, -0.05) is 0 Å². The van der Waals surface area contributed by atoms with Gasteiger partial charge in [-0.3, -0.25) is 0 Å². The van der Waals surface area contributed by atoms with Crippen molar-refractivity contribution in [2.45, 2.75) is 38.3 Å². The summed E-state index contributed by atoms with van der Waals surface area (Å²) in [6, 6.07) is 0.825. The number of hydrogen-bond donors (Lipinski definition) is 0. The number of carbonyl (C=O) groups is 1. The van der Waals surface area contributed by atoms with Crippen molar-refractivity contribution in [2.75, 3.05) is 24.7 Å². The minimum absolute atomic E-state index is 0.234. The zero-order valence-corrected chi connectivity index (χ0v) is 11.0. The summed E-state index contributed by atoms with van der Waals surface area (Å²) in [5.41, 5.74) is 0.234. The molecule has 1 saturated heterocycles. The van der Waals surface area contributed by atoms with Gasteiger partial charge in [0, 0.05) is 6.54 Å². The molecule has 2 atom stereocenters. The molecule has 104 valence electrons. The highest BCUT2D eigenvalue weighted by Gasteiger charge is 2.38. The number of ether oxygens (including phenoxy) is 2. The van der Waals surface area contributed by atoms with Crippen LogP contribution in [0.3, 0.4) is 0 Å². The van der Waals surface area contributed by atoms with Crippen LogP contribution >= 0.6 is 0 Å². The maximum Gasteiger partial charge on any atom is 0.360 e. The van der Waals surface area contributed by atoms with Gasteiger partial charge >= 0.3 is 5.97 Å². The molecule has 19 heavy (non-hydrogen) atoms. The van der Waals surface area contributed by atoms with Gasteiger partial charge in [-0.05, 0) is 26.2 Å². The van der Waals surface area contributed by atoms with Gasteiger partial charge in [-0.15, -0.1) is 0 Å². The maximum absolute atomic E-state index is 11.6. The second kappa shape index (κ2) is 5.21. The lowest BCUT2D eigenvalue weighted by Gasteiger charge is -2.36. The Morgan fingerprint density at radius 2 is 2.47 bits per heavy atom. The van der Waals surface area contributed by atoms with Crippen LogP contribution in [0.5, 0.6) is 0 Å². The Balaban J connectivity index is 1.76. The minimum Gasteiger partial charge on any atom is -0.461 e. The summed E-state index contributed by atoms with van der Waals surface area (Å²) in [5, 5.41) is 0. The SMILES string of the molecule is CCOC(=O)c1coc(N2CCOC3CCCC32)n1. The van der Waals surface area contributed by atoms with Gasteiger partial charge in [-0.2, -0.15) is 4.98 Å². The van der Waals surface area contributed by atoms with Crippen molar-refractivity contribution in [3.8, 4) is 0 Å². The van der Waals surface area contributed by atoms with E-state index in [1.54, 1.807) is 6.92 Å². The highest BCUT2D eigenvalue weighted by atomic mass is 16.5. The Bertz CT molecular complexity index is 459. The summed E-state index contributed by atoms with van der Waals surface area (Å²) in [6.07, 6.45) is 4.98. The van der Waals surface area contributed by atoms with Crippen LogP contribution in [0.25, 0.3) is 0 Å². The first-order valence-corrected chi connectivity index (χ1v) is 6.80. The summed E-state index contributed by atoms with van der Waals surface area (Å²) >= 11 is 0. The lowest BCUT2D eigenvalue weighted by atomic mass is 10.1. The van der Waals surface area contributed by atoms with Crippen molar-refractivity contribution in [3.05, 3.63) is 12.0 Å². The third-order valence-corrected chi connectivity index (χ3v) is 3.70. The first kappa shape index (κ1) is 12.5. The molecule has 1 aromatic rings. The first-order valence-electron chi connectivity index (χ1n) is 6.80. The third kappa shape index (κ3) is 2.32. The normalized spacial score (nSPS) is 26.3. The van der Waals surface area contributed by atoms with Gasteiger partial charge in [0.1, 0.15) is 6.26 Å². The monoisotopic (exact) mass is 266 g/mol. The number of carbonyl (C=O) groups excluding carboxylic acids is 1. The van der Waals surface area contributed by atoms with Gasteiger partial charge in [0.25, 0.3) is 6.01 Å². The lowest BCUT2D eigenvalue weighted by Crippen LogP contribution is -2.48. The molecule has 2 fully saturated rings. The molecule has 3 rings (SSSR count). The Kier molecular flexibility index (Phi) is 3.42. The van der Waals surface area contributed by atoms with Crippen LogP contribution in [0.15, 0.2) is 10.7 Å². The van der Waals surface area contributed by atoms with Crippen LogP contribution in [-0.4, -0.2) is 42.9 Å². The van der Waals surface area contributed by atoms with Crippen molar-refractivity contribution in [1.29, 1.82) is 0 Å². The van der Waals surface area contributed by atoms with Crippen LogP contribution in [0.4, 0.5) is 6.01 Å². The van der Waals surface area contributed by atoms with Gasteiger partial charge in [-0.25, -0.2) is 4.79 Å². The fourth-order valence-electron chi connectivity index (χ4n) is 2.86. The lowest BCUT2D eigenvalue weighted by molar-refractivity contribution is 0.0236. The third-order valence-electron chi connectivity index (χ3n) is 3.70. The van der Waals surface area contributed by atoms with Crippen LogP contribution in [0.1, 0.15) is 36.7 Å². The zero-order chi connectivity index (χ0) is 13.2. The number of aromatic nitrogens is 1. The molecular weight excluding hydrogens is 248 g/mol. The van der Waals surface area contributed by atoms with Gasteiger partial charge in [0.05, 0.1) is 25.4 Å². The topological polar surface area (TPSA) is 64.8 Å². The summed E-state index contributed by atoms with van der Waals surface area (Å²) in [7, 11) is 0. The number of hydrogen-bond acceptors (Lipinski definition) is 6. The van der Waals surface area contributed by atoms with E-state index in [-0.39, 0.29) is 11.8 Å². The second-order valence-corrected chi connectivity index (χ2v) is 4.84. The van der Waals surface area contributed by atoms with E-state index in [4.69, 9.17) is 13.9 Å². The maximum atomic E-state index is 11.6. The van der Waals surface area contributed by atoms with Crippen molar-refractivity contribution in [1.82, 2.24) is 4.98 Å². The Morgan fingerprint density at radius 1 is 1.58 bits per heavy atom. The van der Waals surface area contributed by atoms with Gasteiger partial charge < -0.3 is 18.8 Å². The predicted molar refractivity (Wildman–Crippen MR) is 67.2 cm³/mol. The van der Waals surface area contributed by atoms with Crippen molar-refractivity contribution in [2.24, 2.45) is 0 Å². The van der Waals surface area contributed by atoms with Crippen LogP contribution in [0.2, 0.25) is 0 Å². The predicted octanol–water partition coefficient (Wildman–Crippen LogP) is 1.61. The van der Waals surface area contributed by atoms with E-state index in [2.05, 4.69) is 9.88 Å². The largest absolute Gasteiger partial charge is 0.461 e. The molecule has 0 radical (unpaired) electrons. The van der Waals surface area contributed by atoms with Crippen molar-refractivity contribution < 1.29 is 18.7 Å². The Hall–Kier alpha value is -1.56. The molecule has 0 N–H and O–H groups in total. The van der Waals surface area contributed by atoms with E-state index in [0.717, 1.165) is 25.8 Å². The number of nitrogens with zero attached hydrogens (tertiary/aromatic N) is 2. The van der Waals surface area contributed by atoms with E-state index in [0.29, 0.717) is 25.3 Å². The van der Waals surface area contributed by atoms with E-state index < -0.39 is 5.97 Å². The fourth-order valence-corrected chi connectivity index (χ4v) is 2.86. The van der Waals surface area contributed by atoms with Crippen LogP contribution in [-0.2, 0) is 9.47 Å². The Morgan fingerprint density at radius 3 is 3.32 bits per heavy atom. The molecule has 0 spiro atoms. The van der Waals surface area contributed by atoms with E-state index >= 15 is 0 Å². The van der Waals surface area contributed by atoms with Gasteiger partial charge in [0.2, 0.25) is 0 Å². The number of fused-ring (bicyclic) bond motifs is 1. The number of esters is 1. The van der Waals surface area contributed by atoms with Gasteiger partial charge in [0.15, 0.2) is 5.69 Å². The highest BCUT2D eigenvalue weighted by molar-refractivity contribution is 5.87. The summed E-state index contributed by atoms with van der Waals surface area (Å²) in [6.45, 7) is 3.54. The van der Waals surface area contributed by atoms with Crippen LogP contribution in [0, 0.1) is 0 Å². The molecule has 0 bridgehead atoms. The Labute approximate surface area is 111 Å². The average molecular weight is 266 g/mol. The summed E-state index contributed by atoms with van der Waals surface area (Å²) in [5.74, 6) is -0.436. The standard InChI is InChI=1S/C13H18N2O4/c1-2-17-12(16)9-8-19-13(14-9)15-6-7-18-11-5-3-4-10(11)15/h8,10-11H,2-7H2,1H3. The first-order chi connectivity index (χ1) is 9.29. The van der Waals surface area contributed by atoms with Crippen LogP contribution < -0.4 is 4.90 Å². The molecule has 1 saturated carbocycles. The van der Waals surface area contributed by atoms with E-state index in [1.165, 1.54) is 6.26 Å². The molecule has 2 unspecified atom stereocenters. The molecule has 0 aromatic carbocycles.